The number of hydrogen-bond donors (Lipinski definition) is 2. The van der Waals surface area contributed by atoms with Gasteiger partial charge in [0.05, 0.1) is 9.82 Å². The number of anilines is 2. The third kappa shape index (κ3) is 8.65. The molecule has 0 bridgehead atoms. The molecule has 0 aromatic heterocycles. The monoisotopic (exact) mass is 749 g/mol. The SMILES string of the molecule is O=C(NS(=O)(=O)c1ccc(NCCSc2ccccc2)c([N+](=O)[O-])c1)c1ccc2c(c1)CCC1CN(Cc3ccccc3Oc3ccccc3)CCN21. The van der Waals surface area contributed by atoms with E-state index in [2.05, 4.69) is 25.9 Å². The van der Waals surface area contributed by atoms with Gasteiger partial charge < -0.3 is 15.0 Å². The number of nitro groups is 1. The number of carbonyl (C=O) groups excluding carboxylic acids is 1. The third-order valence-corrected chi connectivity index (χ3v) is 11.8. The normalized spacial score (nSPS) is 15.5. The van der Waals surface area contributed by atoms with E-state index in [4.69, 9.17) is 4.74 Å². The van der Waals surface area contributed by atoms with E-state index < -0.39 is 26.5 Å². The Labute approximate surface area is 313 Å². The number of amides is 1. The van der Waals surface area contributed by atoms with Crippen molar-refractivity contribution in [3.63, 3.8) is 0 Å². The standard InChI is InChI=1S/C40H39N5O6S2/c46-40(42-53(49,50)35-18-19-36(38(26-35)45(47)48)41-21-24-52-34-12-5-2-6-13-34)30-16-20-37-29(25-30)15-17-32-28-43(22-23-44(32)37)27-31-9-7-8-14-39(31)51-33-10-3-1-4-11-33/h1-14,16,18-20,25-26,32,41H,15,17,21-24,27-28H2,(H,42,46). The molecule has 1 atom stereocenters. The highest BCUT2D eigenvalue weighted by Crippen LogP contribution is 2.35. The quantitative estimate of drug-likeness (QED) is 0.0545. The summed E-state index contributed by atoms with van der Waals surface area (Å²) in [4.78, 5) is 30.1. The van der Waals surface area contributed by atoms with Gasteiger partial charge >= 0.3 is 0 Å². The average molecular weight is 750 g/mol. The number of ether oxygens (including phenoxy) is 1. The van der Waals surface area contributed by atoms with E-state index in [0.29, 0.717) is 18.3 Å². The number of hydrogen-bond acceptors (Lipinski definition) is 10. The number of thioether (sulfide) groups is 1. The first-order chi connectivity index (χ1) is 25.7. The van der Waals surface area contributed by atoms with Crippen LogP contribution in [0.2, 0.25) is 0 Å². The highest BCUT2D eigenvalue weighted by Gasteiger charge is 2.33. The lowest BCUT2D eigenvalue weighted by Gasteiger charge is -2.46. The number of nitrogens with zero attached hydrogens (tertiary/aromatic N) is 3. The molecule has 0 aliphatic carbocycles. The Balaban J connectivity index is 0.968. The Morgan fingerprint density at radius 2 is 1.66 bits per heavy atom. The Morgan fingerprint density at radius 3 is 2.45 bits per heavy atom. The number of aryl methyl sites for hydroxylation is 1. The van der Waals surface area contributed by atoms with E-state index in [1.807, 2.05) is 84.9 Å². The van der Waals surface area contributed by atoms with Gasteiger partial charge in [0.15, 0.2) is 0 Å². The summed E-state index contributed by atoms with van der Waals surface area (Å²) in [5.74, 6) is 1.50. The van der Waals surface area contributed by atoms with Gasteiger partial charge in [-0.05, 0) is 79.1 Å². The van der Waals surface area contributed by atoms with Crippen LogP contribution in [-0.2, 0) is 23.0 Å². The second-order valence-corrected chi connectivity index (χ2v) is 15.8. The molecular weight excluding hydrogens is 711 g/mol. The highest BCUT2D eigenvalue weighted by atomic mass is 32.2. The molecule has 1 saturated heterocycles. The van der Waals surface area contributed by atoms with Crippen LogP contribution in [0.1, 0.15) is 27.9 Å². The number of benzene rings is 5. The molecule has 7 rings (SSSR count). The molecule has 1 amide bonds. The Bertz CT molecular complexity index is 2200. The first-order valence-electron chi connectivity index (χ1n) is 17.4. The first-order valence-corrected chi connectivity index (χ1v) is 19.9. The van der Waals surface area contributed by atoms with Gasteiger partial charge in [-0.1, -0.05) is 54.6 Å². The molecule has 0 saturated carbocycles. The summed E-state index contributed by atoms with van der Waals surface area (Å²) in [7, 11) is -4.40. The summed E-state index contributed by atoms with van der Waals surface area (Å²) >= 11 is 1.60. The average Bonchev–Trinajstić information content (AvgIpc) is 3.17. The van der Waals surface area contributed by atoms with Crippen molar-refractivity contribution in [2.45, 2.75) is 35.2 Å². The van der Waals surface area contributed by atoms with Gasteiger partial charge in [-0.3, -0.25) is 19.8 Å². The maximum absolute atomic E-state index is 13.3. The molecule has 2 aliphatic rings. The number of nitrogens with one attached hydrogen (secondary N) is 2. The van der Waals surface area contributed by atoms with Crippen LogP contribution in [0.4, 0.5) is 17.1 Å². The van der Waals surface area contributed by atoms with Crippen molar-refractivity contribution in [1.82, 2.24) is 9.62 Å². The summed E-state index contributed by atoms with van der Waals surface area (Å²) in [6.45, 7) is 3.74. The fraction of sp³-hybridized carbons (Fsp3) is 0.225. The van der Waals surface area contributed by atoms with Crippen LogP contribution in [-0.4, -0.2) is 62.1 Å². The summed E-state index contributed by atoms with van der Waals surface area (Å²) < 4.78 is 34.9. The van der Waals surface area contributed by atoms with Gasteiger partial charge in [-0.15, -0.1) is 11.8 Å². The van der Waals surface area contributed by atoms with E-state index in [9.17, 15) is 23.3 Å². The van der Waals surface area contributed by atoms with Crippen LogP contribution >= 0.6 is 11.8 Å². The number of sulfonamides is 1. The molecule has 13 heteroatoms. The van der Waals surface area contributed by atoms with Crippen LogP contribution < -0.4 is 19.7 Å². The van der Waals surface area contributed by atoms with E-state index in [-0.39, 0.29) is 16.1 Å². The molecule has 2 heterocycles. The number of nitro benzene ring substituents is 1. The Kier molecular flexibility index (Phi) is 10.9. The van der Waals surface area contributed by atoms with Crippen molar-refractivity contribution in [2.24, 2.45) is 0 Å². The lowest BCUT2D eigenvalue weighted by molar-refractivity contribution is -0.384. The van der Waals surface area contributed by atoms with Crippen LogP contribution in [0.25, 0.3) is 0 Å². The number of rotatable bonds is 13. The van der Waals surface area contributed by atoms with Crippen molar-refractivity contribution in [2.75, 3.05) is 42.1 Å². The van der Waals surface area contributed by atoms with E-state index in [0.717, 1.165) is 78.3 Å². The van der Waals surface area contributed by atoms with Gasteiger partial charge in [-0.25, -0.2) is 13.1 Å². The van der Waals surface area contributed by atoms with Crippen LogP contribution in [0.3, 0.4) is 0 Å². The van der Waals surface area contributed by atoms with Gasteiger partial charge in [0.25, 0.3) is 21.6 Å². The Hall–Kier alpha value is -5.37. The summed E-state index contributed by atoms with van der Waals surface area (Å²) in [5, 5.41) is 14.9. The van der Waals surface area contributed by atoms with E-state index >= 15 is 0 Å². The molecule has 1 unspecified atom stereocenters. The van der Waals surface area contributed by atoms with Crippen molar-refractivity contribution in [3.8, 4) is 11.5 Å². The lowest BCUT2D eigenvalue weighted by Crippen LogP contribution is -2.54. The topological polar surface area (TPSA) is 134 Å². The number of piperazine rings is 1. The minimum atomic E-state index is -4.40. The second-order valence-electron chi connectivity index (χ2n) is 12.9. The second kappa shape index (κ2) is 16.1. The van der Waals surface area contributed by atoms with Gasteiger partial charge in [0.1, 0.15) is 17.2 Å². The minimum absolute atomic E-state index is 0.199. The van der Waals surface area contributed by atoms with Crippen molar-refractivity contribution in [3.05, 3.63) is 148 Å². The molecule has 1 fully saturated rings. The minimum Gasteiger partial charge on any atom is -0.457 e. The molecular formula is C40H39N5O6S2. The molecule has 272 valence electrons. The van der Waals surface area contributed by atoms with E-state index in [1.165, 1.54) is 12.1 Å². The molecule has 5 aromatic carbocycles. The maximum Gasteiger partial charge on any atom is 0.293 e. The Morgan fingerprint density at radius 1 is 0.906 bits per heavy atom. The largest absolute Gasteiger partial charge is 0.457 e. The molecule has 0 radical (unpaired) electrons. The van der Waals surface area contributed by atoms with Crippen LogP contribution in [0.15, 0.2) is 131 Å². The zero-order valence-electron chi connectivity index (χ0n) is 28.9. The molecule has 11 nitrogen and oxygen atoms in total. The molecule has 2 N–H and O–H groups in total. The van der Waals surface area contributed by atoms with Crippen LogP contribution in [0.5, 0.6) is 11.5 Å². The first kappa shape index (κ1) is 36.0. The fourth-order valence-electron chi connectivity index (χ4n) is 6.84. The number of para-hydroxylation sites is 2. The molecule has 0 spiro atoms. The van der Waals surface area contributed by atoms with Crippen molar-refractivity contribution >= 4 is 44.8 Å². The summed E-state index contributed by atoms with van der Waals surface area (Å²) in [6, 6.07) is 36.8. The third-order valence-electron chi connectivity index (χ3n) is 9.44. The van der Waals surface area contributed by atoms with Crippen molar-refractivity contribution in [1.29, 1.82) is 0 Å². The smallest absolute Gasteiger partial charge is 0.293 e. The zero-order chi connectivity index (χ0) is 36.8. The van der Waals surface area contributed by atoms with Crippen LogP contribution in [0, 0.1) is 10.1 Å². The molecule has 53 heavy (non-hydrogen) atoms. The summed E-state index contributed by atoms with van der Waals surface area (Å²) in [6.07, 6.45) is 1.64. The highest BCUT2D eigenvalue weighted by molar-refractivity contribution is 7.99. The maximum atomic E-state index is 13.3. The van der Waals surface area contributed by atoms with E-state index in [1.54, 1.807) is 23.9 Å². The van der Waals surface area contributed by atoms with Gasteiger partial charge in [0.2, 0.25) is 0 Å². The van der Waals surface area contributed by atoms with Crippen molar-refractivity contribution < 1.29 is 22.9 Å². The molecule has 2 aliphatic heterocycles. The predicted molar refractivity (Wildman–Crippen MR) is 208 cm³/mol. The number of carbonyl (C=O) groups is 1. The van der Waals surface area contributed by atoms with Gasteiger partial charge in [-0.2, -0.15) is 0 Å². The molecule has 5 aromatic rings. The zero-order valence-corrected chi connectivity index (χ0v) is 30.5. The summed E-state index contributed by atoms with van der Waals surface area (Å²) in [5.41, 5.74) is 3.18. The van der Waals surface area contributed by atoms with Gasteiger partial charge in [0, 0.05) is 72.3 Å². The fourth-order valence-corrected chi connectivity index (χ4v) is 8.62. The lowest BCUT2D eigenvalue weighted by atomic mass is 9.92. The number of fused-ring (bicyclic) bond motifs is 3. The predicted octanol–water partition coefficient (Wildman–Crippen LogP) is 7.35.